The van der Waals surface area contributed by atoms with E-state index in [1.807, 2.05) is 11.0 Å². The van der Waals surface area contributed by atoms with Gasteiger partial charge in [-0.05, 0) is 51.5 Å². The second-order valence-corrected chi connectivity index (χ2v) is 6.43. The number of aromatic nitrogens is 1. The van der Waals surface area contributed by atoms with Crippen LogP contribution in [-0.4, -0.2) is 28.9 Å². The van der Waals surface area contributed by atoms with Gasteiger partial charge in [0.15, 0.2) is 0 Å². The van der Waals surface area contributed by atoms with Crippen molar-refractivity contribution in [2.75, 3.05) is 13.1 Å². The molecule has 0 atom stereocenters. The largest absolute Gasteiger partial charge is 0.333 e. The third kappa shape index (κ3) is 2.83. The Morgan fingerprint density at radius 1 is 1.35 bits per heavy atom. The van der Waals surface area contributed by atoms with Crippen molar-refractivity contribution in [3.8, 4) is 0 Å². The summed E-state index contributed by atoms with van der Waals surface area (Å²) in [6.07, 6.45) is 4.71. The molecule has 1 aliphatic heterocycles. The Labute approximate surface area is 130 Å². The number of amides is 1. The summed E-state index contributed by atoms with van der Waals surface area (Å²) in [4.78, 5) is 19.6. The normalized spacial score (nSPS) is 15.1. The van der Waals surface area contributed by atoms with Crippen LogP contribution in [0, 0.1) is 0 Å². The maximum absolute atomic E-state index is 12.3. The topological polar surface area (TPSA) is 33.2 Å². The molecular formula is C15H13BrN2OS. The Kier molecular flexibility index (Phi) is 3.98. The van der Waals surface area contributed by atoms with Crippen LogP contribution in [0.4, 0.5) is 0 Å². The van der Waals surface area contributed by atoms with Gasteiger partial charge >= 0.3 is 0 Å². The fourth-order valence-corrected chi connectivity index (χ4v) is 3.24. The van der Waals surface area contributed by atoms with E-state index in [0.717, 1.165) is 17.4 Å². The van der Waals surface area contributed by atoms with Crippen LogP contribution < -0.4 is 0 Å². The summed E-state index contributed by atoms with van der Waals surface area (Å²) in [7, 11) is 0. The van der Waals surface area contributed by atoms with Gasteiger partial charge in [-0.1, -0.05) is 12.1 Å². The van der Waals surface area contributed by atoms with Gasteiger partial charge in [-0.2, -0.15) is 0 Å². The van der Waals surface area contributed by atoms with Crippen molar-refractivity contribution in [1.29, 1.82) is 0 Å². The molecule has 2 aromatic heterocycles. The van der Waals surface area contributed by atoms with Gasteiger partial charge in [0.25, 0.3) is 5.91 Å². The van der Waals surface area contributed by atoms with Gasteiger partial charge in [-0.15, -0.1) is 11.3 Å². The highest BCUT2D eigenvalue weighted by Crippen LogP contribution is 2.26. The molecule has 0 aliphatic carbocycles. The minimum atomic E-state index is -0.000945. The number of rotatable bonds is 2. The Morgan fingerprint density at radius 2 is 2.25 bits per heavy atom. The molecule has 3 nitrogen and oxygen atoms in total. The summed E-state index contributed by atoms with van der Waals surface area (Å²) in [6.45, 7) is 1.41. The Bertz CT molecular complexity index is 634. The summed E-state index contributed by atoms with van der Waals surface area (Å²) in [5.41, 5.74) is 1.84. The highest BCUT2D eigenvalue weighted by Gasteiger charge is 2.20. The molecular weight excluding hydrogens is 336 g/mol. The minimum Gasteiger partial charge on any atom is -0.333 e. The van der Waals surface area contributed by atoms with Crippen LogP contribution in [0.2, 0.25) is 0 Å². The predicted molar refractivity (Wildman–Crippen MR) is 84.8 cm³/mol. The molecule has 2 aromatic rings. The molecule has 102 valence electrons. The second kappa shape index (κ2) is 5.89. The lowest BCUT2D eigenvalue weighted by atomic mass is 10.1. The molecule has 0 radical (unpaired) electrons. The zero-order valence-electron chi connectivity index (χ0n) is 10.8. The summed E-state index contributed by atoms with van der Waals surface area (Å²) in [5, 5.41) is 2.08. The van der Waals surface area contributed by atoms with Crippen molar-refractivity contribution in [3.05, 3.63) is 57.0 Å². The number of carbonyl (C=O) groups is 1. The van der Waals surface area contributed by atoms with Crippen molar-refractivity contribution in [1.82, 2.24) is 9.88 Å². The third-order valence-electron chi connectivity index (χ3n) is 3.28. The number of hydrogen-bond donors (Lipinski definition) is 0. The molecule has 5 heteroatoms. The molecule has 0 unspecified atom stereocenters. The van der Waals surface area contributed by atoms with Crippen LogP contribution in [0.1, 0.15) is 21.8 Å². The van der Waals surface area contributed by atoms with E-state index in [2.05, 4.69) is 44.5 Å². The molecule has 0 aromatic carbocycles. The van der Waals surface area contributed by atoms with Gasteiger partial charge in [0, 0.05) is 28.6 Å². The number of nitrogens with zero attached hydrogens (tertiary/aromatic N) is 2. The number of carbonyl (C=O) groups excluding carboxylic acids is 1. The van der Waals surface area contributed by atoms with Gasteiger partial charge < -0.3 is 4.90 Å². The zero-order valence-corrected chi connectivity index (χ0v) is 13.2. The number of halogens is 1. The Hall–Kier alpha value is -1.46. The molecule has 0 fully saturated rings. The zero-order chi connectivity index (χ0) is 13.9. The van der Waals surface area contributed by atoms with Crippen LogP contribution >= 0.6 is 27.3 Å². The highest BCUT2D eigenvalue weighted by atomic mass is 79.9. The fraction of sp³-hybridized carbons (Fsp3) is 0.200. The first-order chi connectivity index (χ1) is 9.74. The monoisotopic (exact) mass is 348 g/mol. The molecule has 0 bridgehead atoms. The van der Waals surface area contributed by atoms with Crippen LogP contribution in [0.15, 0.2) is 46.4 Å². The standard InChI is InChI=1S/C15H13BrN2OS/c16-12-3-4-13(17-10-12)15(19)18-7-5-11(6-8-18)14-2-1-9-20-14/h1-5,9-10H,6-8H2. The maximum atomic E-state index is 12.3. The van der Waals surface area contributed by atoms with Gasteiger partial charge in [0.05, 0.1) is 0 Å². The van der Waals surface area contributed by atoms with Crippen molar-refractivity contribution in [2.45, 2.75) is 6.42 Å². The van der Waals surface area contributed by atoms with Gasteiger partial charge in [-0.3, -0.25) is 4.79 Å². The van der Waals surface area contributed by atoms with Crippen molar-refractivity contribution >= 4 is 38.7 Å². The second-order valence-electron chi connectivity index (χ2n) is 4.57. The maximum Gasteiger partial charge on any atom is 0.272 e. The Morgan fingerprint density at radius 3 is 2.85 bits per heavy atom. The molecule has 20 heavy (non-hydrogen) atoms. The van der Waals surface area contributed by atoms with E-state index in [0.29, 0.717) is 12.2 Å². The van der Waals surface area contributed by atoms with E-state index in [1.54, 1.807) is 23.6 Å². The third-order valence-corrected chi connectivity index (χ3v) is 4.70. The van der Waals surface area contributed by atoms with E-state index < -0.39 is 0 Å². The van der Waals surface area contributed by atoms with Gasteiger partial charge in [-0.25, -0.2) is 4.98 Å². The molecule has 1 amide bonds. The first-order valence-corrected chi connectivity index (χ1v) is 8.05. The molecule has 3 heterocycles. The average molecular weight is 349 g/mol. The molecule has 0 N–H and O–H groups in total. The quantitative estimate of drug-likeness (QED) is 0.826. The van der Waals surface area contributed by atoms with E-state index in [9.17, 15) is 4.79 Å². The molecule has 1 aliphatic rings. The molecule has 0 saturated heterocycles. The van der Waals surface area contributed by atoms with Gasteiger partial charge in [0.2, 0.25) is 0 Å². The van der Waals surface area contributed by atoms with Crippen LogP contribution in [0.3, 0.4) is 0 Å². The molecule has 0 saturated carbocycles. The minimum absolute atomic E-state index is 0.000945. The summed E-state index contributed by atoms with van der Waals surface area (Å²) in [6, 6.07) is 7.79. The summed E-state index contributed by atoms with van der Waals surface area (Å²) in [5.74, 6) is -0.000945. The summed E-state index contributed by atoms with van der Waals surface area (Å²) < 4.78 is 0.882. The molecule has 0 spiro atoms. The van der Waals surface area contributed by atoms with Gasteiger partial charge in [0.1, 0.15) is 5.69 Å². The van der Waals surface area contributed by atoms with E-state index in [4.69, 9.17) is 0 Å². The first kappa shape index (κ1) is 13.5. The van der Waals surface area contributed by atoms with Crippen LogP contribution in [0.5, 0.6) is 0 Å². The SMILES string of the molecule is O=C(c1ccc(Br)cn1)N1CC=C(c2cccs2)CC1. The fourth-order valence-electron chi connectivity index (χ4n) is 2.20. The first-order valence-electron chi connectivity index (χ1n) is 6.38. The van der Waals surface area contributed by atoms with Crippen molar-refractivity contribution in [3.63, 3.8) is 0 Å². The smallest absolute Gasteiger partial charge is 0.272 e. The number of hydrogen-bond acceptors (Lipinski definition) is 3. The molecule has 3 rings (SSSR count). The lowest BCUT2D eigenvalue weighted by molar-refractivity contribution is 0.0767. The van der Waals surface area contributed by atoms with Crippen molar-refractivity contribution in [2.24, 2.45) is 0 Å². The lowest BCUT2D eigenvalue weighted by Crippen LogP contribution is -2.35. The highest BCUT2D eigenvalue weighted by molar-refractivity contribution is 9.10. The number of pyridine rings is 1. The van der Waals surface area contributed by atoms with Crippen LogP contribution in [0.25, 0.3) is 5.57 Å². The van der Waals surface area contributed by atoms with Crippen LogP contribution in [-0.2, 0) is 0 Å². The van der Waals surface area contributed by atoms with E-state index in [-0.39, 0.29) is 5.91 Å². The lowest BCUT2D eigenvalue weighted by Gasteiger charge is -2.25. The predicted octanol–water partition coefficient (Wildman–Crippen LogP) is 3.84. The summed E-state index contributed by atoms with van der Waals surface area (Å²) >= 11 is 5.07. The van der Waals surface area contributed by atoms with E-state index in [1.165, 1.54) is 10.5 Å². The Balaban J connectivity index is 1.71. The average Bonchev–Trinajstić information content (AvgIpc) is 3.02. The van der Waals surface area contributed by atoms with E-state index >= 15 is 0 Å². The van der Waals surface area contributed by atoms with Crippen molar-refractivity contribution < 1.29 is 4.79 Å². The number of thiophene rings is 1.